The van der Waals surface area contributed by atoms with Crippen molar-refractivity contribution < 1.29 is 19.1 Å². The third-order valence-corrected chi connectivity index (χ3v) is 6.00. The standard InChI is InChI=1S/C24H24FN5O3/c1-16-26-15-30(27-16)21-10-5-17(13-22(21)32-2)12-18-4-3-11-29-23(18)28-33-24(29,14-31)19-6-8-20(25)9-7-19/h5-10,12-13,15,31H,3-4,11,14H2,1-2H3/b18-12+. The molecule has 170 valence electrons. The summed E-state index contributed by atoms with van der Waals surface area (Å²) in [5, 5.41) is 19.0. The van der Waals surface area contributed by atoms with Gasteiger partial charge in [0.1, 0.15) is 36.0 Å². The van der Waals surface area contributed by atoms with Crippen molar-refractivity contribution in [2.24, 2.45) is 5.16 Å². The predicted molar refractivity (Wildman–Crippen MR) is 120 cm³/mol. The molecule has 3 aromatic rings. The van der Waals surface area contributed by atoms with E-state index < -0.39 is 5.72 Å². The van der Waals surface area contributed by atoms with Crippen LogP contribution in [0.1, 0.15) is 29.8 Å². The highest BCUT2D eigenvalue weighted by Crippen LogP contribution is 2.40. The Balaban J connectivity index is 1.47. The summed E-state index contributed by atoms with van der Waals surface area (Å²) in [6.07, 6.45) is 5.38. The van der Waals surface area contributed by atoms with Crippen molar-refractivity contribution in [1.29, 1.82) is 0 Å². The molecule has 0 bridgehead atoms. The maximum Gasteiger partial charge on any atom is 0.260 e. The minimum Gasteiger partial charge on any atom is -0.494 e. The van der Waals surface area contributed by atoms with Crippen LogP contribution in [0.3, 0.4) is 0 Å². The quantitative estimate of drug-likeness (QED) is 0.643. The van der Waals surface area contributed by atoms with E-state index >= 15 is 0 Å². The molecule has 2 aliphatic heterocycles. The van der Waals surface area contributed by atoms with Gasteiger partial charge < -0.3 is 19.6 Å². The number of amidine groups is 1. The summed E-state index contributed by atoms with van der Waals surface area (Å²) in [6, 6.07) is 11.8. The van der Waals surface area contributed by atoms with Crippen molar-refractivity contribution in [3.63, 3.8) is 0 Å². The van der Waals surface area contributed by atoms with E-state index in [1.807, 2.05) is 36.1 Å². The number of fused-ring (bicyclic) bond motifs is 1. The molecular formula is C24H24FN5O3. The maximum atomic E-state index is 13.5. The second-order valence-corrected chi connectivity index (χ2v) is 8.05. The minimum absolute atomic E-state index is 0.307. The van der Waals surface area contributed by atoms with Gasteiger partial charge in [-0.2, -0.15) is 5.10 Å². The lowest BCUT2D eigenvalue weighted by atomic mass is 9.95. The number of oxime groups is 1. The van der Waals surface area contributed by atoms with Crippen LogP contribution in [0.15, 0.2) is 59.5 Å². The fourth-order valence-electron chi connectivity index (χ4n) is 4.34. The van der Waals surface area contributed by atoms with Gasteiger partial charge in [0.25, 0.3) is 5.72 Å². The van der Waals surface area contributed by atoms with Gasteiger partial charge in [0.05, 0.1) is 7.11 Å². The highest BCUT2D eigenvalue weighted by Gasteiger charge is 2.49. The van der Waals surface area contributed by atoms with Gasteiger partial charge in [-0.05, 0) is 73.4 Å². The van der Waals surface area contributed by atoms with E-state index in [0.717, 1.165) is 29.7 Å². The van der Waals surface area contributed by atoms with Crippen LogP contribution in [-0.4, -0.2) is 50.9 Å². The molecule has 1 unspecified atom stereocenters. The summed E-state index contributed by atoms with van der Waals surface area (Å²) >= 11 is 0. The normalized spacial score (nSPS) is 21.0. The van der Waals surface area contributed by atoms with Crippen LogP contribution in [-0.2, 0) is 10.6 Å². The molecule has 0 aliphatic carbocycles. The number of aliphatic hydroxyl groups is 1. The van der Waals surface area contributed by atoms with Crippen molar-refractivity contribution in [2.45, 2.75) is 25.5 Å². The Labute approximate surface area is 190 Å². The molecule has 8 nitrogen and oxygen atoms in total. The van der Waals surface area contributed by atoms with E-state index in [0.29, 0.717) is 29.5 Å². The van der Waals surface area contributed by atoms with Gasteiger partial charge >= 0.3 is 0 Å². The molecule has 1 fully saturated rings. The number of rotatable bonds is 5. The lowest BCUT2D eigenvalue weighted by Gasteiger charge is -2.38. The molecule has 1 atom stereocenters. The topological polar surface area (TPSA) is 85.0 Å². The fourth-order valence-corrected chi connectivity index (χ4v) is 4.34. The van der Waals surface area contributed by atoms with E-state index in [1.54, 1.807) is 30.3 Å². The number of nitrogens with zero attached hydrogens (tertiary/aromatic N) is 5. The number of aliphatic hydroxyl groups excluding tert-OH is 1. The Morgan fingerprint density at radius 1 is 1.24 bits per heavy atom. The average molecular weight is 449 g/mol. The first-order valence-corrected chi connectivity index (χ1v) is 10.7. The summed E-state index contributed by atoms with van der Waals surface area (Å²) in [5.41, 5.74) is 2.22. The van der Waals surface area contributed by atoms with Crippen molar-refractivity contribution in [2.75, 3.05) is 20.3 Å². The number of aromatic nitrogens is 3. The zero-order valence-corrected chi connectivity index (χ0v) is 18.4. The zero-order chi connectivity index (χ0) is 23.0. The molecule has 0 amide bonds. The second kappa shape index (κ2) is 8.32. The number of halogens is 1. The van der Waals surface area contributed by atoms with Crippen LogP contribution in [0.4, 0.5) is 4.39 Å². The molecule has 1 aromatic heterocycles. The summed E-state index contributed by atoms with van der Waals surface area (Å²) in [5.74, 6) is 1.68. The van der Waals surface area contributed by atoms with Gasteiger partial charge in [-0.3, -0.25) is 0 Å². The molecule has 1 saturated heterocycles. The van der Waals surface area contributed by atoms with E-state index in [1.165, 1.54) is 12.1 Å². The number of piperidine rings is 1. The van der Waals surface area contributed by atoms with Crippen molar-refractivity contribution >= 4 is 11.9 Å². The number of methoxy groups -OCH3 is 1. The molecule has 0 radical (unpaired) electrons. The predicted octanol–water partition coefficient (Wildman–Crippen LogP) is 3.39. The lowest BCUT2D eigenvalue weighted by molar-refractivity contribution is -0.137. The van der Waals surface area contributed by atoms with Crippen LogP contribution in [0.25, 0.3) is 11.8 Å². The summed E-state index contributed by atoms with van der Waals surface area (Å²) in [7, 11) is 1.62. The van der Waals surface area contributed by atoms with Crippen molar-refractivity contribution in [3.8, 4) is 11.4 Å². The first-order valence-electron chi connectivity index (χ1n) is 10.7. The first kappa shape index (κ1) is 21.1. The van der Waals surface area contributed by atoms with Crippen molar-refractivity contribution in [3.05, 3.63) is 77.1 Å². The van der Waals surface area contributed by atoms with E-state index in [2.05, 4.69) is 15.2 Å². The van der Waals surface area contributed by atoms with Crippen LogP contribution < -0.4 is 4.74 Å². The highest BCUT2D eigenvalue weighted by atomic mass is 19.1. The molecule has 0 spiro atoms. The minimum atomic E-state index is -1.16. The fraction of sp³-hybridized carbons (Fsp3) is 0.292. The van der Waals surface area contributed by atoms with E-state index in [4.69, 9.17) is 9.57 Å². The second-order valence-electron chi connectivity index (χ2n) is 8.05. The summed E-state index contributed by atoms with van der Waals surface area (Å²) in [4.78, 5) is 12.0. The smallest absolute Gasteiger partial charge is 0.260 e. The highest BCUT2D eigenvalue weighted by molar-refractivity contribution is 6.03. The van der Waals surface area contributed by atoms with Gasteiger partial charge in [0.15, 0.2) is 5.84 Å². The summed E-state index contributed by atoms with van der Waals surface area (Å²) in [6.45, 7) is 2.19. The Morgan fingerprint density at radius 2 is 2.06 bits per heavy atom. The van der Waals surface area contributed by atoms with Crippen LogP contribution in [0.2, 0.25) is 0 Å². The van der Waals surface area contributed by atoms with E-state index in [9.17, 15) is 9.50 Å². The number of ether oxygens (including phenoxy) is 1. The van der Waals surface area contributed by atoms with Crippen molar-refractivity contribution in [1.82, 2.24) is 19.7 Å². The lowest BCUT2D eigenvalue weighted by Crippen LogP contribution is -2.51. The molecule has 5 rings (SSSR count). The zero-order valence-electron chi connectivity index (χ0n) is 18.4. The monoisotopic (exact) mass is 449 g/mol. The largest absolute Gasteiger partial charge is 0.494 e. The van der Waals surface area contributed by atoms with Gasteiger partial charge in [0.2, 0.25) is 0 Å². The van der Waals surface area contributed by atoms with Gasteiger partial charge in [0, 0.05) is 12.1 Å². The van der Waals surface area contributed by atoms with Crippen LogP contribution >= 0.6 is 0 Å². The van der Waals surface area contributed by atoms with Crippen LogP contribution in [0.5, 0.6) is 5.75 Å². The third-order valence-electron chi connectivity index (χ3n) is 6.00. The van der Waals surface area contributed by atoms with Gasteiger partial charge in [-0.1, -0.05) is 11.2 Å². The van der Waals surface area contributed by atoms with Gasteiger partial charge in [-0.25, -0.2) is 14.1 Å². The Morgan fingerprint density at radius 3 is 2.76 bits per heavy atom. The van der Waals surface area contributed by atoms with Crippen LogP contribution in [0, 0.1) is 12.7 Å². The SMILES string of the molecule is COc1cc(/C=C2\CCCN3C2=NOC3(CO)c2ccc(F)cc2)ccc1-n1cnc(C)n1. The number of benzene rings is 2. The molecular weight excluding hydrogens is 425 g/mol. The average Bonchev–Trinajstić information content (AvgIpc) is 3.44. The number of hydrogen-bond acceptors (Lipinski definition) is 7. The third kappa shape index (κ3) is 3.64. The Hall–Kier alpha value is -3.72. The Kier molecular flexibility index (Phi) is 5.33. The maximum absolute atomic E-state index is 13.5. The molecule has 2 aromatic carbocycles. The molecule has 1 N–H and O–H groups in total. The number of aryl methyl sites for hydroxylation is 1. The molecule has 0 saturated carbocycles. The molecule has 9 heteroatoms. The number of hydrogen-bond donors (Lipinski definition) is 1. The summed E-state index contributed by atoms with van der Waals surface area (Å²) < 4.78 is 20.7. The molecule has 2 aliphatic rings. The molecule has 3 heterocycles. The molecule has 33 heavy (non-hydrogen) atoms. The van der Waals surface area contributed by atoms with Gasteiger partial charge in [-0.15, -0.1) is 0 Å². The Bertz CT molecular complexity index is 1240. The first-order chi connectivity index (χ1) is 16.0. The van der Waals surface area contributed by atoms with E-state index in [-0.39, 0.29) is 12.4 Å².